The Morgan fingerprint density at radius 1 is 0.326 bits per heavy atom. The van der Waals surface area contributed by atoms with E-state index in [1.54, 1.807) is 0 Å². The van der Waals surface area contributed by atoms with Crippen molar-refractivity contribution in [2.45, 2.75) is 334 Å². The molecule has 0 aliphatic carbocycles. The zero-order valence-electron chi connectivity index (χ0n) is 62.0. The van der Waals surface area contributed by atoms with Gasteiger partial charge < -0.3 is 28.5 Å². The third-order valence-electron chi connectivity index (χ3n) is 16.6. The van der Waals surface area contributed by atoms with E-state index in [4.69, 9.17) is 18.9 Å². The monoisotopic (exact) mass is 1320 g/mol. The van der Waals surface area contributed by atoms with Gasteiger partial charge in [-0.25, -0.2) is 4.79 Å². The lowest BCUT2D eigenvalue weighted by molar-refractivity contribution is -0.870. The number of likely N-dealkylation sites (N-methyl/N-ethyl adjacent to an activating group) is 1. The Hall–Kier alpha value is -4.83. The number of carboxylic acids is 1. The molecule has 9 nitrogen and oxygen atoms in total. The minimum atomic E-state index is -1.52. The summed E-state index contributed by atoms with van der Waals surface area (Å²) in [5.74, 6) is -2.02. The summed E-state index contributed by atoms with van der Waals surface area (Å²) in [6, 6.07) is 0. The molecule has 0 rings (SSSR count). The fourth-order valence-electron chi connectivity index (χ4n) is 10.7. The predicted octanol–water partition coefficient (Wildman–Crippen LogP) is 25.0. The van der Waals surface area contributed by atoms with Crippen molar-refractivity contribution in [1.82, 2.24) is 0 Å². The summed E-state index contributed by atoms with van der Waals surface area (Å²) in [5, 5.41) is 9.77. The summed E-state index contributed by atoms with van der Waals surface area (Å²) in [7, 11) is 5.97. The molecule has 0 radical (unpaired) electrons. The molecule has 0 heterocycles. The highest BCUT2D eigenvalue weighted by Gasteiger charge is 2.25. The van der Waals surface area contributed by atoms with Gasteiger partial charge in [0.1, 0.15) is 13.2 Å². The van der Waals surface area contributed by atoms with Gasteiger partial charge in [-0.2, -0.15) is 0 Å². The second kappa shape index (κ2) is 75.0. The van der Waals surface area contributed by atoms with Gasteiger partial charge in [-0.3, -0.25) is 9.59 Å². The highest BCUT2D eigenvalue weighted by molar-refractivity contribution is 5.71. The second-order valence-electron chi connectivity index (χ2n) is 26.9. The predicted molar refractivity (Wildman–Crippen MR) is 410 cm³/mol. The fourth-order valence-corrected chi connectivity index (χ4v) is 10.7. The molecule has 542 valence electrons. The number of carbonyl (C=O) groups excluding carboxylic acids is 2. The van der Waals surface area contributed by atoms with Crippen LogP contribution in [0.25, 0.3) is 0 Å². The van der Waals surface area contributed by atoms with Crippen molar-refractivity contribution in [3.8, 4) is 0 Å². The summed E-state index contributed by atoms with van der Waals surface area (Å²) in [5.41, 5.74) is 0. The van der Waals surface area contributed by atoms with E-state index in [0.717, 1.165) is 128 Å². The van der Waals surface area contributed by atoms with Gasteiger partial charge in [0.05, 0.1) is 34.4 Å². The van der Waals surface area contributed by atoms with Crippen LogP contribution in [0.4, 0.5) is 0 Å². The number of nitrogens with zero attached hydrogens (tertiary/aromatic N) is 1. The van der Waals surface area contributed by atoms with Crippen molar-refractivity contribution in [1.29, 1.82) is 0 Å². The molecule has 9 heteroatoms. The third-order valence-corrected chi connectivity index (χ3v) is 16.6. The van der Waals surface area contributed by atoms with Crippen LogP contribution in [0.1, 0.15) is 322 Å². The number of rotatable bonds is 71. The molecule has 2 unspecified atom stereocenters. The van der Waals surface area contributed by atoms with Crippen LogP contribution in [0.3, 0.4) is 0 Å². The molecule has 2 atom stereocenters. The van der Waals surface area contributed by atoms with Gasteiger partial charge in [0.2, 0.25) is 0 Å². The minimum Gasteiger partial charge on any atom is -0.477 e. The van der Waals surface area contributed by atoms with Crippen LogP contribution in [-0.2, 0) is 33.3 Å². The van der Waals surface area contributed by atoms with E-state index >= 15 is 0 Å². The number of allylic oxidation sites excluding steroid dienone is 24. The number of aliphatic carboxylic acids is 1. The quantitative estimate of drug-likeness (QED) is 0.0211. The van der Waals surface area contributed by atoms with Gasteiger partial charge in [0.25, 0.3) is 6.29 Å². The van der Waals surface area contributed by atoms with E-state index in [1.165, 1.54) is 161 Å². The molecule has 1 N–H and O–H groups in total. The number of ether oxygens (including phenoxy) is 4. The molecule has 0 aromatic heterocycles. The normalized spacial score (nSPS) is 13.5. The van der Waals surface area contributed by atoms with Crippen molar-refractivity contribution in [3.63, 3.8) is 0 Å². The van der Waals surface area contributed by atoms with E-state index in [-0.39, 0.29) is 32.2 Å². The van der Waals surface area contributed by atoms with Gasteiger partial charge >= 0.3 is 17.9 Å². The summed E-state index contributed by atoms with van der Waals surface area (Å²) >= 11 is 0. The number of quaternary nitrogens is 1. The Morgan fingerprint density at radius 2 is 0.600 bits per heavy atom. The lowest BCUT2D eigenvalue weighted by Gasteiger charge is -2.25. The molecule has 0 saturated heterocycles. The number of hydrogen-bond donors (Lipinski definition) is 1. The first kappa shape index (κ1) is 90.2. The number of carboxylic acid groups (broad SMARTS) is 1. The molecule has 0 aliphatic heterocycles. The van der Waals surface area contributed by atoms with Crippen molar-refractivity contribution < 1.29 is 42.9 Å². The van der Waals surface area contributed by atoms with Crippen molar-refractivity contribution >= 4 is 17.9 Å². The van der Waals surface area contributed by atoms with Crippen molar-refractivity contribution in [3.05, 3.63) is 146 Å². The van der Waals surface area contributed by atoms with Gasteiger partial charge in [0, 0.05) is 12.8 Å². The molecule has 0 amide bonds. The maximum Gasteiger partial charge on any atom is 0.361 e. The fraction of sp³-hybridized carbons (Fsp3) is 0.686. The summed E-state index contributed by atoms with van der Waals surface area (Å²) in [6.07, 6.45) is 107. The van der Waals surface area contributed by atoms with Crippen molar-refractivity contribution in [2.24, 2.45) is 0 Å². The number of unbranched alkanes of at least 4 members (excludes halogenated alkanes) is 32. The van der Waals surface area contributed by atoms with E-state index in [1.807, 2.05) is 21.1 Å². The average molecular weight is 1320 g/mol. The van der Waals surface area contributed by atoms with Crippen LogP contribution in [0.15, 0.2) is 146 Å². The Kier molecular flexibility index (Phi) is 71.1. The Morgan fingerprint density at radius 3 is 0.895 bits per heavy atom. The Labute approximate surface area is 585 Å². The van der Waals surface area contributed by atoms with Gasteiger partial charge in [-0.15, -0.1) is 0 Å². The lowest BCUT2D eigenvalue weighted by Crippen LogP contribution is -2.40. The Balaban J connectivity index is 4.13. The number of carbonyl (C=O) groups is 3. The van der Waals surface area contributed by atoms with Crippen molar-refractivity contribution in [2.75, 3.05) is 47.5 Å². The number of hydrogen-bond acceptors (Lipinski definition) is 7. The van der Waals surface area contributed by atoms with Crippen LogP contribution in [0, 0.1) is 0 Å². The SMILES string of the molecule is CC/C=C\C/C=C\C/C=C\C/C=C\C/C=C\C/C=C\C/C=C\C/C=C\C/C=C\C/C=C\CCCCCCCCC(=O)OC(COC(=O)CCCCCCCCCCCCCCCCCCCCCCC/C=C\C/C=C\CCCCCCC)COC(OCC[N+](C)(C)C)C(=O)O. The largest absolute Gasteiger partial charge is 0.477 e. The molecule has 0 aliphatic rings. The van der Waals surface area contributed by atoms with E-state index < -0.39 is 24.3 Å². The molecule has 95 heavy (non-hydrogen) atoms. The van der Waals surface area contributed by atoms with Gasteiger partial charge in [0.15, 0.2) is 6.10 Å². The first-order valence-electron chi connectivity index (χ1n) is 39.0. The minimum absolute atomic E-state index is 0.179. The Bertz CT molecular complexity index is 2080. The van der Waals surface area contributed by atoms with Crippen LogP contribution in [-0.4, -0.2) is 87.4 Å². The highest BCUT2D eigenvalue weighted by Crippen LogP contribution is 2.18. The first-order valence-corrected chi connectivity index (χ1v) is 39.0. The van der Waals surface area contributed by atoms with Crippen LogP contribution < -0.4 is 0 Å². The van der Waals surface area contributed by atoms with E-state index in [0.29, 0.717) is 23.9 Å². The second-order valence-corrected chi connectivity index (χ2v) is 26.9. The molecule has 0 fully saturated rings. The highest BCUT2D eigenvalue weighted by atomic mass is 16.7. The van der Waals surface area contributed by atoms with E-state index in [2.05, 4.69) is 160 Å². The van der Waals surface area contributed by atoms with Gasteiger partial charge in [-0.05, 0) is 122 Å². The van der Waals surface area contributed by atoms with Crippen LogP contribution >= 0.6 is 0 Å². The molecule has 0 bridgehead atoms. The maximum absolute atomic E-state index is 13.0. The smallest absolute Gasteiger partial charge is 0.361 e. The molecule has 0 spiro atoms. The van der Waals surface area contributed by atoms with E-state index in [9.17, 15) is 19.5 Å². The van der Waals surface area contributed by atoms with Gasteiger partial charge in [-0.1, -0.05) is 333 Å². The molecule has 0 aromatic rings. The summed E-state index contributed by atoms with van der Waals surface area (Å²) < 4.78 is 23.0. The summed E-state index contributed by atoms with van der Waals surface area (Å²) in [4.78, 5) is 37.7. The summed E-state index contributed by atoms with van der Waals surface area (Å²) in [6.45, 7) is 4.75. The van der Waals surface area contributed by atoms with Crippen LogP contribution in [0.5, 0.6) is 0 Å². The van der Waals surface area contributed by atoms with Crippen LogP contribution in [0.2, 0.25) is 0 Å². The average Bonchev–Trinajstić information content (AvgIpc) is 3.75. The molecular formula is C86H146NO8+. The first-order chi connectivity index (χ1) is 46.6. The zero-order valence-corrected chi connectivity index (χ0v) is 62.0. The standard InChI is InChI=1S/C86H145NO8/c1-6-8-10-12-14-16-18-20-22-24-26-28-30-32-34-36-38-40-41-42-43-45-47-49-51-53-55-57-59-61-63-65-67-69-71-73-75-77-84(89)95-82(81-94-86(85(90)91)92-79-78-87(3,4)5)80-93-83(88)76-74-72-70-68-66-64-62-60-58-56-54-52-50-48-46-44-39-37-35-33-31-29-27-25-23-21-19-17-15-13-11-9-7-2/h8,10,14,16,19-22,25-28,32,34,38,40,42-43,47,49,53,55,59,61,82,86H,6-7,9,11-13,15,17-18,23-24,29-31,33,35-37,39,41,44-46,48,50-52,54,56-58,60,62-81H2,1-5H3/p+1/b10-8-,16-14-,21-19-,22-20-,27-25-,28-26-,34-32-,40-38-,43-42-,49-47-,55-53-,61-59-. The lowest BCUT2D eigenvalue weighted by atomic mass is 10.0. The molecule has 0 aromatic carbocycles. The number of esters is 2. The third kappa shape index (κ3) is 76.4. The zero-order chi connectivity index (χ0) is 69.0. The molecular weight excluding hydrogens is 1170 g/mol. The molecule has 0 saturated carbocycles. The topological polar surface area (TPSA) is 108 Å². The maximum atomic E-state index is 13.0.